The van der Waals surface area contributed by atoms with E-state index in [0.29, 0.717) is 6.42 Å². The molecule has 1 aliphatic heterocycles. The molecule has 1 aliphatic rings. The lowest BCUT2D eigenvalue weighted by atomic mass is 9.93. The molecule has 17 heavy (non-hydrogen) atoms. The summed E-state index contributed by atoms with van der Waals surface area (Å²) >= 11 is 0. The van der Waals surface area contributed by atoms with Crippen LogP contribution < -0.4 is 5.32 Å². The molecular weight excluding hydrogens is 230 g/mol. The van der Waals surface area contributed by atoms with E-state index < -0.39 is 37.1 Å². The maximum Gasteiger partial charge on any atom is 0.217 e. The average Bonchev–Trinajstić information content (AvgIpc) is 2.29. The molecular formula is C10H19NO6. The van der Waals surface area contributed by atoms with Gasteiger partial charge in [0.25, 0.3) is 0 Å². The molecule has 1 saturated heterocycles. The first-order valence-electron chi connectivity index (χ1n) is 5.51. The van der Waals surface area contributed by atoms with Crippen molar-refractivity contribution >= 4 is 5.91 Å². The molecule has 1 amide bonds. The van der Waals surface area contributed by atoms with Gasteiger partial charge in [0.15, 0.2) is 0 Å². The van der Waals surface area contributed by atoms with E-state index in [1.807, 2.05) is 0 Å². The summed E-state index contributed by atoms with van der Waals surface area (Å²) in [4.78, 5) is 11.0. The largest absolute Gasteiger partial charge is 0.394 e. The minimum absolute atomic E-state index is 0.219. The molecule has 2 unspecified atom stereocenters. The topological polar surface area (TPSA) is 119 Å². The van der Waals surface area contributed by atoms with Crippen molar-refractivity contribution in [2.24, 2.45) is 0 Å². The van der Waals surface area contributed by atoms with Crippen LogP contribution in [0.15, 0.2) is 0 Å². The Kier molecular flexibility index (Phi) is 5.29. The summed E-state index contributed by atoms with van der Waals surface area (Å²) in [5.74, 6) is -0.366. The summed E-state index contributed by atoms with van der Waals surface area (Å²) in [6.07, 6.45) is -4.19. The van der Waals surface area contributed by atoms with Crippen LogP contribution in [0.5, 0.6) is 0 Å². The minimum atomic E-state index is -1.37. The van der Waals surface area contributed by atoms with E-state index in [9.17, 15) is 20.1 Å². The fraction of sp³-hybridized carbons (Fsp3) is 0.900. The van der Waals surface area contributed by atoms with Gasteiger partial charge in [-0.1, -0.05) is 0 Å². The van der Waals surface area contributed by atoms with Crippen LogP contribution in [0.2, 0.25) is 0 Å². The van der Waals surface area contributed by atoms with Gasteiger partial charge in [-0.3, -0.25) is 4.79 Å². The lowest BCUT2D eigenvalue weighted by Crippen LogP contribution is -2.60. The molecule has 0 aromatic carbocycles. The normalized spacial score (nSPS) is 32.9. The van der Waals surface area contributed by atoms with Gasteiger partial charge in [0.05, 0.1) is 18.8 Å². The highest BCUT2D eigenvalue weighted by molar-refractivity contribution is 5.73. The number of carbonyl (C=O) groups excluding carboxylic acids is 1. The minimum Gasteiger partial charge on any atom is -0.394 e. The van der Waals surface area contributed by atoms with E-state index in [1.165, 1.54) is 6.92 Å². The van der Waals surface area contributed by atoms with Crippen LogP contribution >= 0.6 is 0 Å². The number of carbonyl (C=O) groups is 1. The number of aliphatic hydroxyl groups excluding tert-OH is 4. The zero-order valence-corrected chi connectivity index (χ0v) is 9.61. The Hall–Kier alpha value is -0.730. The first-order chi connectivity index (χ1) is 7.97. The van der Waals surface area contributed by atoms with E-state index in [2.05, 4.69) is 5.32 Å². The Balaban J connectivity index is 2.74. The third kappa shape index (κ3) is 3.62. The molecule has 1 heterocycles. The Morgan fingerprint density at radius 3 is 2.71 bits per heavy atom. The molecule has 0 bridgehead atoms. The summed E-state index contributed by atoms with van der Waals surface area (Å²) in [5.41, 5.74) is 0. The van der Waals surface area contributed by atoms with Gasteiger partial charge in [0.1, 0.15) is 18.3 Å². The molecule has 0 radical (unpaired) electrons. The summed E-state index contributed by atoms with van der Waals surface area (Å²) in [6, 6.07) is -0.794. The van der Waals surface area contributed by atoms with E-state index in [0.717, 1.165) is 0 Å². The molecule has 0 aromatic heterocycles. The Morgan fingerprint density at radius 1 is 1.53 bits per heavy atom. The predicted molar refractivity (Wildman–Crippen MR) is 57.1 cm³/mol. The van der Waals surface area contributed by atoms with Gasteiger partial charge in [-0.2, -0.15) is 0 Å². The third-order valence-electron chi connectivity index (χ3n) is 2.78. The van der Waals surface area contributed by atoms with E-state index >= 15 is 0 Å². The lowest BCUT2D eigenvalue weighted by molar-refractivity contribution is -0.156. The van der Waals surface area contributed by atoms with Crippen LogP contribution in [0.1, 0.15) is 13.3 Å². The summed E-state index contributed by atoms with van der Waals surface area (Å²) in [6.45, 7) is 0.883. The summed E-state index contributed by atoms with van der Waals surface area (Å²) in [5, 5.41) is 40.1. The SMILES string of the molecule is CC(=O)N[C@@H]1C(O)CCOC1[C@H](O)[C@H](O)CO. The highest BCUT2D eigenvalue weighted by Crippen LogP contribution is 2.19. The van der Waals surface area contributed by atoms with Crippen LogP contribution in [-0.4, -0.2) is 70.0 Å². The Bertz CT molecular complexity index is 261. The Morgan fingerprint density at radius 2 is 2.18 bits per heavy atom. The third-order valence-corrected chi connectivity index (χ3v) is 2.78. The number of amides is 1. The summed E-state index contributed by atoms with van der Waals surface area (Å²) in [7, 11) is 0. The fourth-order valence-electron chi connectivity index (χ4n) is 1.88. The van der Waals surface area contributed by atoms with Crippen molar-refractivity contribution < 1.29 is 30.0 Å². The molecule has 100 valence electrons. The molecule has 0 aromatic rings. The van der Waals surface area contributed by atoms with Crippen molar-refractivity contribution in [3.8, 4) is 0 Å². The van der Waals surface area contributed by atoms with Crippen LogP contribution in [0, 0.1) is 0 Å². The molecule has 0 spiro atoms. The highest BCUT2D eigenvalue weighted by atomic mass is 16.5. The van der Waals surface area contributed by atoms with Crippen LogP contribution in [0.4, 0.5) is 0 Å². The van der Waals surface area contributed by atoms with Gasteiger partial charge in [-0.25, -0.2) is 0 Å². The first-order valence-corrected chi connectivity index (χ1v) is 5.51. The van der Waals surface area contributed by atoms with E-state index in [1.54, 1.807) is 0 Å². The molecule has 5 atom stereocenters. The van der Waals surface area contributed by atoms with E-state index in [4.69, 9.17) is 9.84 Å². The standard InChI is InChI=1S/C10H19NO6/c1-5(13)11-8-6(14)2-3-17-10(8)9(16)7(15)4-12/h6-10,12,14-16H,2-4H2,1H3,(H,11,13)/t6?,7-,8-,9-,10?/m1/s1. The smallest absolute Gasteiger partial charge is 0.217 e. The van der Waals surface area contributed by atoms with Crippen LogP contribution in [0.3, 0.4) is 0 Å². The van der Waals surface area contributed by atoms with Gasteiger partial charge in [-0.15, -0.1) is 0 Å². The van der Waals surface area contributed by atoms with Gasteiger partial charge < -0.3 is 30.5 Å². The number of hydrogen-bond acceptors (Lipinski definition) is 6. The number of nitrogens with one attached hydrogen (secondary N) is 1. The van der Waals surface area contributed by atoms with Gasteiger partial charge >= 0.3 is 0 Å². The second-order valence-electron chi connectivity index (χ2n) is 4.16. The number of hydrogen-bond donors (Lipinski definition) is 5. The molecule has 0 aliphatic carbocycles. The number of rotatable bonds is 4. The van der Waals surface area contributed by atoms with E-state index in [-0.39, 0.29) is 12.5 Å². The zero-order valence-electron chi connectivity index (χ0n) is 9.61. The maximum atomic E-state index is 11.0. The average molecular weight is 249 g/mol. The monoisotopic (exact) mass is 249 g/mol. The first kappa shape index (κ1) is 14.3. The summed E-state index contributed by atoms with van der Waals surface area (Å²) < 4.78 is 5.25. The second-order valence-corrected chi connectivity index (χ2v) is 4.16. The van der Waals surface area contributed by atoms with Gasteiger partial charge in [0, 0.05) is 13.5 Å². The van der Waals surface area contributed by atoms with Crippen molar-refractivity contribution in [1.82, 2.24) is 5.32 Å². The lowest BCUT2D eigenvalue weighted by Gasteiger charge is -2.39. The number of aliphatic hydroxyl groups is 4. The molecule has 7 heteroatoms. The van der Waals surface area contributed by atoms with Gasteiger partial charge in [-0.05, 0) is 6.42 Å². The Labute approximate surface area is 99.0 Å². The van der Waals surface area contributed by atoms with Crippen molar-refractivity contribution in [1.29, 1.82) is 0 Å². The van der Waals surface area contributed by atoms with Gasteiger partial charge in [0.2, 0.25) is 5.91 Å². The second kappa shape index (κ2) is 6.27. The zero-order chi connectivity index (χ0) is 13.0. The maximum absolute atomic E-state index is 11.0. The molecule has 0 saturated carbocycles. The predicted octanol–water partition coefficient (Wildman–Crippen LogP) is -2.64. The number of ether oxygens (including phenoxy) is 1. The van der Waals surface area contributed by atoms with Crippen molar-refractivity contribution in [3.05, 3.63) is 0 Å². The molecule has 5 N–H and O–H groups in total. The van der Waals surface area contributed by atoms with Crippen LogP contribution in [0.25, 0.3) is 0 Å². The van der Waals surface area contributed by atoms with Crippen LogP contribution in [-0.2, 0) is 9.53 Å². The van der Waals surface area contributed by atoms with Crippen molar-refractivity contribution in [3.63, 3.8) is 0 Å². The molecule has 1 rings (SSSR count). The fourth-order valence-corrected chi connectivity index (χ4v) is 1.88. The molecule has 1 fully saturated rings. The van der Waals surface area contributed by atoms with Crippen molar-refractivity contribution in [2.75, 3.05) is 13.2 Å². The highest BCUT2D eigenvalue weighted by Gasteiger charge is 2.40. The van der Waals surface area contributed by atoms with Crippen molar-refractivity contribution in [2.45, 2.75) is 43.8 Å². The quantitative estimate of drug-likeness (QED) is 0.371. The molecule has 7 nitrogen and oxygen atoms in total.